The molecule has 0 spiro atoms. The van der Waals surface area contributed by atoms with Gasteiger partial charge in [-0.05, 0) is 23.6 Å². The molecule has 1 fully saturated rings. The van der Waals surface area contributed by atoms with Crippen molar-refractivity contribution in [3.05, 3.63) is 70.7 Å². The molecule has 0 atom stereocenters. The average molecular weight is 436 g/mol. The van der Waals surface area contributed by atoms with Crippen LogP contribution in [0.5, 0.6) is 0 Å². The SMILES string of the molecule is CC(C)c1ccc(-c2nc(C(=O)Nc3ccccc3C(=O)N3CCOCC3)cs2)cc1. The van der Waals surface area contributed by atoms with E-state index in [1.165, 1.54) is 16.9 Å². The summed E-state index contributed by atoms with van der Waals surface area (Å²) in [6.45, 7) is 6.46. The van der Waals surface area contributed by atoms with Crippen molar-refractivity contribution in [1.82, 2.24) is 9.88 Å². The Bertz CT molecular complexity index is 1070. The smallest absolute Gasteiger partial charge is 0.275 e. The number of anilines is 1. The van der Waals surface area contributed by atoms with Gasteiger partial charge in [-0.1, -0.05) is 50.2 Å². The average Bonchev–Trinajstić information content (AvgIpc) is 3.30. The van der Waals surface area contributed by atoms with Crippen LogP contribution in [0.25, 0.3) is 10.6 Å². The third-order valence-corrected chi connectivity index (χ3v) is 6.16. The lowest BCUT2D eigenvalue weighted by Crippen LogP contribution is -2.41. The van der Waals surface area contributed by atoms with Crippen molar-refractivity contribution in [2.45, 2.75) is 19.8 Å². The summed E-state index contributed by atoms with van der Waals surface area (Å²) in [5, 5.41) is 5.40. The number of rotatable bonds is 5. The highest BCUT2D eigenvalue weighted by Crippen LogP contribution is 2.26. The van der Waals surface area contributed by atoms with Gasteiger partial charge in [-0.3, -0.25) is 9.59 Å². The molecule has 1 aliphatic rings. The molecule has 4 rings (SSSR count). The molecule has 7 heteroatoms. The lowest BCUT2D eigenvalue weighted by molar-refractivity contribution is 0.0303. The second-order valence-corrected chi connectivity index (χ2v) is 8.58. The summed E-state index contributed by atoms with van der Waals surface area (Å²) in [5.74, 6) is 0.0267. The molecule has 2 aromatic carbocycles. The van der Waals surface area contributed by atoms with Gasteiger partial charge >= 0.3 is 0 Å². The number of ether oxygens (including phenoxy) is 1. The number of nitrogens with one attached hydrogen (secondary N) is 1. The maximum absolute atomic E-state index is 12.9. The molecule has 1 saturated heterocycles. The zero-order chi connectivity index (χ0) is 21.8. The maximum atomic E-state index is 12.9. The fraction of sp³-hybridized carbons (Fsp3) is 0.292. The van der Waals surface area contributed by atoms with Gasteiger partial charge in [-0.2, -0.15) is 0 Å². The Hall–Kier alpha value is -3.03. The summed E-state index contributed by atoms with van der Waals surface area (Å²) in [4.78, 5) is 32.0. The van der Waals surface area contributed by atoms with Crippen molar-refractivity contribution in [1.29, 1.82) is 0 Å². The lowest BCUT2D eigenvalue weighted by atomic mass is 10.0. The number of carbonyl (C=O) groups excluding carboxylic acids is 2. The highest BCUT2D eigenvalue weighted by molar-refractivity contribution is 7.13. The molecule has 0 radical (unpaired) electrons. The number of carbonyl (C=O) groups is 2. The Labute approximate surface area is 185 Å². The number of morpholine rings is 1. The predicted molar refractivity (Wildman–Crippen MR) is 123 cm³/mol. The normalized spacial score (nSPS) is 14.0. The summed E-state index contributed by atoms with van der Waals surface area (Å²) in [6.07, 6.45) is 0. The van der Waals surface area contributed by atoms with E-state index in [0.717, 1.165) is 10.6 Å². The van der Waals surface area contributed by atoms with Crippen LogP contribution in [0.15, 0.2) is 53.9 Å². The van der Waals surface area contributed by atoms with Crippen LogP contribution in [0.4, 0.5) is 5.69 Å². The highest BCUT2D eigenvalue weighted by Gasteiger charge is 2.22. The van der Waals surface area contributed by atoms with Crippen LogP contribution < -0.4 is 5.32 Å². The Kier molecular flexibility index (Phi) is 6.44. The number of nitrogens with zero attached hydrogens (tertiary/aromatic N) is 2. The third kappa shape index (κ3) is 4.84. The van der Waals surface area contributed by atoms with Crippen molar-refractivity contribution in [2.24, 2.45) is 0 Å². The van der Waals surface area contributed by atoms with E-state index in [9.17, 15) is 9.59 Å². The molecule has 3 aromatic rings. The zero-order valence-electron chi connectivity index (χ0n) is 17.6. The van der Waals surface area contributed by atoms with Crippen LogP contribution in [0.3, 0.4) is 0 Å². The second kappa shape index (κ2) is 9.41. The van der Waals surface area contributed by atoms with E-state index in [2.05, 4.69) is 36.3 Å². The van der Waals surface area contributed by atoms with Crippen molar-refractivity contribution >= 4 is 28.8 Å². The minimum absolute atomic E-state index is 0.108. The number of hydrogen-bond donors (Lipinski definition) is 1. The minimum atomic E-state index is -0.330. The summed E-state index contributed by atoms with van der Waals surface area (Å²) in [6, 6.07) is 15.3. The van der Waals surface area contributed by atoms with Gasteiger partial charge in [0.2, 0.25) is 0 Å². The first-order valence-corrected chi connectivity index (χ1v) is 11.2. The van der Waals surface area contributed by atoms with E-state index in [1.807, 2.05) is 12.1 Å². The number of aromatic nitrogens is 1. The fourth-order valence-corrected chi connectivity index (χ4v) is 4.23. The Morgan fingerprint density at radius 1 is 1.06 bits per heavy atom. The van der Waals surface area contributed by atoms with E-state index in [0.29, 0.717) is 49.2 Å². The van der Waals surface area contributed by atoms with Crippen LogP contribution >= 0.6 is 11.3 Å². The van der Waals surface area contributed by atoms with Crippen molar-refractivity contribution < 1.29 is 14.3 Å². The molecule has 2 amide bonds. The predicted octanol–water partition coefficient (Wildman–Crippen LogP) is 4.66. The Morgan fingerprint density at radius 3 is 2.48 bits per heavy atom. The van der Waals surface area contributed by atoms with Gasteiger partial charge in [0.25, 0.3) is 11.8 Å². The third-order valence-electron chi connectivity index (χ3n) is 5.27. The molecule has 160 valence electrons. The van der Waals surface area contributed by atoms with Crippen LogP contribution in [0.1, 0.15) is 46.2 Å². The van der Waals surface area contributed by atoms with E-state index in [-0.39, 0.29) is 11.8 Å². The first kappa shape index (κ1) is 21.2. The van der Waals surface area contributed by atoms with Crippen molar-refractivity contribution in [3.8, 4) is 10.6 Å². The molecule has 2 heterocycles. The molecule has 6 nitrogen and oxygen atoms in total. The van der Waals surface area contributed by atoms with Gasteiger partial charge in [0.1, 0.15) is 10.7 Å². The van der Waals surface area contributed by atoms with Crippen molar-refractivity contribution in [3.63, 3.8) is 0 Å². The van der Waals surface area contributed by atoms with Gasteiger partial charge < -0.3 is 15.0 Å². The van der Waals surface area contributed by atoms with E-state index < -0.39 is 0 Å². The summed E-state index contributed by atoms with van der Waals surface area (Å²) in [7, 11) is 0. The number of para-hydroxylation sites is 1. The fourth-order valence-electron chi connectivity index (χ4n) is 3.42. The van der Waals surface area contributed by atoms with Gasteiger partial charge in [-0.15, -0.1) is 11.3 Å². The minimum Gasteiger partial charge on any atom is -0.378 e. The molecule has 1 aliphatic heterocycles. The van der Waals surface area contributed by atoms with E-state index >= 15 is 0 Å². The molecule has 1 N–H and O–H groups in total. The molecule has 0 unspecified atom stereocenters. The molecular weight excluding hydrogens is 410 g/mol. The molecule has 31 heavy (non-hydrogen) atoms. The molecular formula is C24H25N3O3S. The van der Waals surface area contributed by atoms with Gasteiger partial charge in [0.15, 0.2) is 0 Å². The summed E-state index contributed by atoms with van der Waals surface area (Å²) >= 11 is 1.43. The van der Waals surface area contributed by atoms with Crippen molar-refractivity contribution in [2.75, 3.05) is 31.6 Å². The number of amides is 2. The molecule has 0 aliphatic carbocycles. The Balaban J connectivity index is 1.50. The number of thiazole rings is 1. The van der Waals surface area contributed by atoms with Crippen LogP contribution in [0.2, 0.25) is 0 Å². The monoisotopic (exact) mass is 435 g/mol. The van der Waals surface area contributed by atoms with E-state index in [1.54, 1.807) is 34.5 Å². The molecule has 1 aromatic heterocycles. The van der Waals surface area contributed by atoms with E-state index in [4.69, 9.17) is 4.74 Å². The molecule has 0 saturated carbocycles. The maximum Gasteiger partial charge on any atom is 0.275 e. The zero-order valence-corrected chi connectivity index (χ0v) is 18.4. The topological polar surface area (TPSA) is 71.5 Å². The van der Waals surface area contributed by atoms with Gasteiger partial charge in [0.05, 0.1) is 24.5 Å². The summed E-state index contributed by atoms with van der Waals surface area (Å²) in [5.41, 5.74) is 3.54. The standard InChI is InChI=1S/C24H25N3O3S/c1-16(2)17-7-9-18(10-8-17)23-26-21(15-31-23)22(28)25-20-6-4-3-5-19(20)24(29)27-11-13-30-14-12-27/h3-10,15-16H,11-14H2,1-2H3,(H,25,28). The van der Waals surface area contributed by atoms with Crippen LogP contribution in [-0.4, -0.2) is 48.0 Å². The highest BCUT2D eigenvalue weighted by atomic mass is 32.1. The first-order chi connectivity index (χ1) is 15.0. The lowest BCUT2D eigenvalue weighted by Gasteiger charge is -2.27. The number of benzene rings is 2. The largest absolute Gasteiger partial charge is 0.378 e. The van der Waals surface area contributed by atoms with Crippen LogP contribution in [-0.2, 0) is 4.74 Å². The van der Waals surface area contributed by atoms with Crippen LogP contribution in [0, 0.1) is 0 Å². The second-order valence-electron chi connectivity index (χ2n) is 7.72. The quantitative estimate of drug-likeness (QED) is 0.633. The van der Waals surface area contributed by atoms with Gasteiger partial charge in [0, 0.05) is 24.0 Å². The Morgan fingerprint density at radius 2 is 1.77 bits per heavy atom. The number of hydrogen-bond acceptors (Lipinski definition) is 5. The molecule has 0 bridgehead atoms. The van der Waals surface area contributed by atoms with Gasteiger partial charge in [-0.25, -0.2) is 4.98 Å². The summed E-state index contributed by atoms with van der Waals surface area (Å²) < 4.78 is 5.32. The first-order valence-electron chi connectivity index (χ1n) is 10.4.